The molecule has 0 aromatic carbocycles. The molecule has 0 aliphatic carbocycles. The van der Waals surface area contributed by atoms with Gasteiger partial charge in [0.2, 0.25) is 0 Å². The first-order valence-corrected chi connectivity index (χ1v) is 11.8. The SMILES string of the molecule is CC(C)NC(C)C(O)CCOCCC(C)(C)OCCCP(C)OCCN. The molecule has 0 radical (unpaired) electrons. The monoisotopic (exact) mass is 394 g/mol. The van der Waals surface area contributed by atoms with E-state index in [9.17, 15) is 5.11 Å². The van der Waals surface area contributed by atoms with E-state index in [2.05, 4.69) is 39.7 Å². The van der Waals surface area contributed by atoms with Crippen molar-refractivity contribution < 1.29 is 19.1 Å². The van der Waals surface area contributed by atoms with Crippen molar-refractivity contribution in [2.75, 3.05) is 45.8 Å². The summed E-state index contributed by atoms with van der Waals surface area (Å²) in [6.07, 6.45) is 3.15. The van der Waals surface area contributed by atoms with Crippen molar-refractivity contribution >= 4 is 8.15 Å². The molecule has 7 heteroatoms. The number of aliphatic hydroxyl groups is 1. The smallest absolute Gasteiger partial charge is 0.0712 e. The van der Waals surface area contributed by atoms with Crippen molar-refractivity contribution in [1.82, 2.24) is 5.32 Å². The van der Waals surface area contributed by atoms with Gasteiger partial charge in [-0.15, -0.1) is 0 Å². The third-order valence-corrected chi connectivity index (χ3v) is 5.69. The fraction of sp³-hybridized carbons (Fsp3) is 1.00. The van der Waals surface area contributed by atoms with E-state index in [1.165, 1.54) is 0 Å². The zero-order valence-electron chi connectivity index (χ0n) is 17.8. The van der Waals surface area contributed by atoms with Crippen molar-refractivity contribution in [3.8, 4) is 0 Å². The molecule has 4 N–H and O–H groups in total. The molecular formula is C19H43N2O4P. The predicted molar refractivity (Wildman–Crippen MR) is 111 cm³/mol. The lowest BCUT2D eigenvalue weighted by Gasteiger charge is -2.26. The zero-order valence-corrected chi connectivity index (χ0v) is 18.7. The molecule has 0 aliphatic heterocycles. The topological polar surface area (TPSA) is 86.0 Å². The average Bonchev–Trinajstić information content (AvgIpc) is 2.55. The molecule has 0 aromatic rings. The molecule has 0 aliphatic rings. The van der Waals surface area contributed by atoms with Gasteiger partial charge >= 0.3 is 0 Å². The number of hydrogen-bond acceptors (Lipinski definition) is 6. The minimum atomic E-state index is -0.382. The molecule has 0 aromatic heterocycles. The number of nitrogens with two attached hydrogens (primary N) is 1. The van der Waals surface area contributed by atoms with Gasteiger partial charge in [0, 0.05) is 46.6 Å². The lowest BCUT2D eigenvalue weighted by Crippen LogP contribution is -2.41. The molecule has 0 fully saturated rings. The van der Waals surface area contributed by atoms with Gasteiger partial charge in [-0.25, -0.2) is 0 Å². The number of rotatable bonds is 17. The fourth-order valence-electron chi connectivity index (χ4n) is 2.49. The molecule has 0 saturated carbocycles. The zero-order chi connectivity index (χ0) is 20.0. The van der Waals surface area contributed by atoms with Crippen LogP contribution in [0.15, 0.2) is 0 Å². The van der Waals surface area contributed by atoms with Crippen LogP contribution in [0.5, 0.6) is 0 Å². The highest BCUT2D eigenvalue weighted by Gasteiger charge is 2.19. The maximum Gasteiger partial charge on any atom is 0.0712 e. The van der Waals surface area contributed by atoms with Crippen LogP contribution in [0.1, 0.15) is 53.9 Å². The van der Waals surface area contributed by atoms with Crippen LogP contribution in [-0.2, 0) is 14.0 Å². The Morgan fingerprint density at radius 2 is 1.81 bits per heavy atom. The van der Waals surface area contributed by atoms with Crippen molar-refractivity contribution in [3.63, 3.8) is 0 Å². The average molecular weight is 395 g/mol. The third-order valence-electron chi connectivity index (χ3n) is 4.12. The van der Waals surface area contributed by atoms with Gasteiger partial charge in [-0.1, -0.05) is 13.8 Å². The Kier molecular flexibility index (Phi) is 15.3. The van der Waals surface area contributed by atoms with Gasteiger partial charge in [0.1, 0.15) is 0 Å². The number of nitrogens with one attached hydrogen (secondary N) is 1. The van der Waals surface area contributed by atoms with E-state index in [1.54, 1.807) is 0 Å². The van der Waals surface area contributed by atoms with Gasteiger partial charge < -0.3 is 30.2 Å². The molecule has 3 unspecified atom stereocenters. The Hall–Kier alpha value is 0.190. The van der Waals surface area contributed by atoms with Crippen LogP contribution in [0.2, 0.25) is 0 Å². The molecule has 6 nitrogen and oxygen atoms in total. The van der Waals surface area contributed by atoms with E-state index < -0.39 is 0 Å². The largest absolute Gasteiger partial charge is 0.391 e. The Balaban J connectivity index is 3.71. The summed E-state index contributed by atoms with van der Waals surface area (Å²) in [5.41, 5.74) is 5.24. The predicted octanol–water partition coefficient (Wildman–Crippen LogP) is 2.72. The molecule has 0 amide bonds. The summed E-state index contributed by atoms with van der Waals surface area (Å²) in [4.78, 5) is 0. The summed E-state index contributed by atoms with van der Waals surface area (Å²) in [5.74, 6) is 0. The highest BCUT2D eigenvalue weighted by molar-refractivity contribution is 7.51. The van der Waals surface area contributed by atoms with Gasteiger partial charge in [0.05, 0.1) is 18.3 Å². The summed E-state index contributed by atoms with van der Waals surface area (Å²) in [6.45, 7) is 15.7. The lowest BCUT2D eigenvalue weighted by molar-refractivity contribution is -0.0425. The van der Waals surface area contributed by atoms with Crippen LogP contribution < -0.4 is 11.1 Å². The summed E-state index contributed by atoms with van der Waals surface area (Å²) >= 11 is 0. The first-order valence-electron chi connectivity index (χ1n) is 9.88. The third kappa shape index (κ3) is 15.3. The maximum absolute atomic E-state index is 10.1. The molecule has 0 heterocycles. The second-order valence-corrected chi connectivity index (χ2v) is 9.72. The van der Waals surface area contributed by atoms with Crippen LogP contribution in [0, 0.1) is 0 Å². The summed E-state index contributed by atoms with van der Waals surface area (Å²) in [6, 6.07) is 0.450. The minimum Gasteiger partial charge on any atom is -0.391 e. The first-order chi connectivity index (χ1) is 12.2. The molecular weight excluding hydrogens is 351 g/mol. The van der Waals surface area contributed by atoms with E-state index in [4.69, 9.17) is 19.7 Å². The summed E-state index contributed by atoms with van der Waals surface area (Å²) in [7, 11) is -0.381. The molecule has 26 heavy (non-hydrogen) atoms. The van der Waals surface area contributed by atoms with E-state index >= 15 is 0 Å². The highest BCUT2D eigenvalue weighted by atomic mass is 31.1. The van der Waals surface area contributed by atoms with Gasteiger partial charge in [0.15, 0.2) is 0 Å². The highest BCUT2D eigenvalue weighted by Crippen LogP contribution is 2.32. The van der Waals surface area contributed by atoms with Crippen LogP contribution in [-0.4, -0.2) is 74.7 Å². The van der Waals surface area contributed by atoms with Crippen LogP contribution in [0.4, 0.5) is 0 Å². The lowest BCUT2D eigenvalue weighted by atomic mass is 10.1. The second kappa shape index (κ2) is 15.2. The van der Waals surface area contributed by atoms with Crippen molar-refractivity contribution in [2.24, 2.45) is 5.73 Å². The van der Waals surface area contributed by atoms with Gasteiger partial charge in [-0.2, -0.15) is 0 Å². The van der Waals surface area contributed by atoms with Crippen LogP contribution >= 0.6 is 8.15 Å². The van der Waals surface area contributed by atoms with E-state index in [0.717, 1.165) is 25.6 Å². The van der Waals surface area contributed by atoms with Crippen molar-refractivity contribution in [1.29, 1.82) is 0 Å². The standard InChI is InChI=1S/C19H43N2O4P/c1-16(2)21-17(3)18(22)8-12-23-13-9-19(4,5)24-11-7-15-26(6)25-14-10-20/h16-18,21-22H,7-15,20H2,1-6H3. The number of hydrogen-bond donors (Lipinski definition) is 3. The van der Waals surface area contributed by atoms with E-state index in [1.807, 2.05) is 6.92 Å². The number of ether oxygens (including phenoxy) is 2. The molecule has 0 spiro atoms. The maximum atomic E-state index is 10.1. The fourth-order valence-corrected chi connectivity index (χ4v) is 3.61. The normalized spacial score (nSPS) is 16.0. The Bertz CT molecular complexity index is 333. The molecule has 0 saturated heterocycles. The molecule has 0 bridgehead atoms. The molecule has 3 atom stereocenters. The first kappa shape index (κ1) is 26.2. The molecule has 158 valence electrons. The van der Waals surface area contributed by atoms with Crippen LogP contribution in [0.25, 0.3) is 0 Å². The summed E-state index contributed by atoms with van der Waals surface area (Å²) < 4.78 is 17.3. The van der Waals surface area contributed by atoms with Gasteiger partial charge in [-0.3, -0.25) is 0 Å². The van der Waals surface area contributed by atoms with Crippen molar-refractivity contribution in [3.05, 3.63) is 0 Å². The van der Waals surface area contributed by atoms with E-state index in [0.29, 0.717) is 38.8 Å². The minimum absolute atomic E-state index is 0.0799. The van der Waals surface area contributed by atoms with Crippen LogP contribution in [0.3, 0.4) is 0 Å². The van der Waals surface area contributed by atoms with E-state index in [-0.39, 0.29) is 25.9 Å². The Morgan fingerprint density at radius 3 is 2.42 bits per heavy atom. The quantitative estimate of drug-likeness (QED) is 0.260. The second-order valence-electron chi connectivity index (χ2n) is 7.76. The van der Waals surface area contributed by atoms with Gasteiger partial charge in [-0.05, 0) is 52.9 Å². The van der Waals surface area contributed by atoms with Crippen molar-refractivity contribution in [2.45, 2.75) is 77.7 Å². The summed E-state index contributed by atoms with van der Waals surface area (Å²) in [5, 5.41) is 13.4. The van der Waals surface area contributed by atoms with Gasteiger partial charge in [0.25, 0.3) is 0 Å². The Morgan fingerprint density at radius 1 is 1.12 bits per heavy atom. The Labute approximate surface area is 162 Å². The number of aliphatic hydroxyl groups excluding tert-OH is 1. The molecule has 0 rings (SSSR count).